The van der Waals surface area contributed by atoms with Gasteiger partial charge in [0.15, 0.2) is 0 Å². The van der Waals surface area contributed by atoms with Crippen LogP contribution in [0.3, 0.4) is 0 Å². The molecule has 0 aliphatic carbocycles. The first-order valence-corrected chi connectivity index (χ1v) is 7.22. The lowest BCUT2D eigenvalue weighted by Gasteiger charge is -2.23. The lowest BCUT2D eigenvalue weighted by Crippen LogP contribution is -2.26. The standard InChI is InChI=1S/C17H24N2/c1-5-10-18-17(12(2)3)15-8-9-16-14(11-15)7-6-13(4)19-16/h6-9,11-12,17-18H,5,10H2,1-4H3. The Kier molecular flexibility index (Phi) is 4.54. The highest BCUT2D eigenvalue weighted by atomic mass is 14.9. The topological polar surface area (TPSA) is 24.9 Å². The number of rotatable bonds is 5. The Hall–Kier alpha value is -1.41. The first-order valence-electron chi connectivity index (χ1n) is 7.22. The van der Waals surface area contributed by atoms with E-state index in [0.717, 1.165) is 24.2 Å². The van der Waals surface area contributed by atoms with Crippen LogP contribution in [0, 0.1) is 12.8 Å². The van der Waals surface area contributed by atoms with E-state index in [1.165, 1.54) is 10.9 Å². The van der Waals surface area contributed by atoms with E-state index in [9.17, 15) is 0 Å². The third-order valence-electron chi connectivity index (χ3n) is 3.49. The molecule has 0 bridgehead atoms. The smallest absolute Gasteiger partial charge is 0.0705 e. The number of benzene rings is 1. The van der Waals surface area contributed by atoms with Gasteiger partial charge in [0.1, 0.15) is 0 Å². The number of nitrogens with one attached hydrogen (secondary N) is 1. The van der Waals surface area contributed by atoms with Crippen LogP contribution in [0.4, 0.5) is 0 Å². The number of pyridine rings is 1. The van der Waals surface area contributed by atoms with Crippen molar-refractivity contribution < 1.29 is 0 Å². The van der Waals surface area contributed by atoms with Gasteiger partial charge in [-0.3, -0.25) is 4.98 Å². The molecule has 1 aromatic carbocycles. The Balaban J connectivity index is 2.34. The predicted octanol–water partition coefficient (Wildman–Crippen LogP) is 4.24. The fourth-order valence-corrected chi connectivity index (χ4v) is 2.48. The summed E-state index contributed by atoms with van der Waals surface area (Å²) >= 11 is 0. The fraction of sp³-hybridized carbons (Fsp3) is 0.471. The normalized spacial score (nSPS) is 13.1. The monoisotopic (exact) mass is 256 g/mol. The highest BCUT2D eigenvalue weighted by Crippen LogP contribution is 2.25. The molecule has 2 heteroatoms. The maximum Gasteiger partial charge on any atom is 0.0705 e. The van der Waals surface area contributed by atoms with Crippen molar-refractivity contribution in [1.29, 1.82) is 0 Å². The molecule has 0 amide bonds. The summed E-state index contributed by atoms with van der Waals surface area (Å²) in [7, 11) is 0. The second kappa shape index (κ2) is 6.16. The van der Waals surface area contributed by atoms with Gasteiger partial charge in [-0.15, -0.1) is 0 Å². The van der Waals surface area contributed by atoms with E-state index < -0.39 is 0 Å². The fourth-order valence-electron chi connectivity index (χ4n) is 2.48. The molecule has 0 saturated carbocycles. The van der Waals surface area contributed by atoms with E-state index in [0.29, 0.717) is 12.0 Å². The van der Waals surface area contributed by atoms with Crippen LogP contribution in [-0.2, 0) is 0 Å². The molecule has 0 spiro atoms. The van der Waals surface area contributed by atoms with Crippen LogP contribution in [0.5, 0.6) is 0 Å². The van der Waals surface area contributed by atoms with Gasteiger partial charge in [0.2, 0.25) is 0 Å². The Bertz CT molecular complexity index is 546. The lowest BCUT2D eigenvalue weighted by molar-refractivity contribution is 0.413. The SMILES string of the molecule is CCCNC(c1ccc2nc(C)ccc2c1)C(C)C. The number of nitrogens with zero attached hydrogens (tertiary/aromatic N) is 1. The first kappa shape index (κ1) is 14.0. The predicted molar refractivity (Wildman–Crippen MR) is 82.4 cm³/mol. The molecule has 0 saturated heterocycles. The van der Waals surface area contributed by atoms with Gasteiger partial charge in [0.05, 0.1) is 5.52 Å². The zero-order valence-corrected chi connectivity index (χ0v) is 12.4. The molecule has 2 rings (SSSR count). The van der Waals surface area contributed by atoms with Crippen molar-refractivity contribution in [2.24, 2.45) is 5.92 Å². The van der Waals surface area contributed by atoms with Crippen molar-refractivity contribution in [3.05, 3.63) is 41.6 Å². The molecule has 0 fully saturated rings. The summed E-state index contributed by atoms with van der Waals surface area (Å²) in [4.78, 5) is 4.56. The molecular weight excluding hydrogens is 232 g/mol. The molecule has 0 aliphatic heterocycles. The molecule has 19 heavy (non-hydrogen) atoms. The maximum absolute atomic E-state index is 4.56. The highest BCUT2D eigenvalue weighted by Gasteiger charge is 2.15. The second-order valence-corrected chi connectivity index (χ2v) is 5.58. The molecule has 0 radical (unpaired) electrons. The van der Waals surface area contributed by atoms with Crippen molar-refractivity contribution in [2.45, 2.75) is 40.2 Å². The quantitative estimate of drug-likeness (QED) is 0.865. The maximum atomic E-state index is 4.56. The summed E-state index contributed by atoms with van der Waals surface area (Å²) in [5.74, 6) is 0.586. The molecule has 1 aromatic heterocycles. The largest absolute Gasteiger partial charge is 0.310 e. The zero-order valence-electron chi connectivity index (χ0n) is 12.4. The van der Waals surface area contributed by atoms with Crippen LogP contribution in [0.15, 0.2) is 30.3 Å². The van der Waals surface area contributed by atoms with Gasteiger partial charge in [0, 0.05) is 17.1 Å². The number of hydrogen-bond donors (Lipinski definition) is 1. The summed E-state index contributed by atoms with van der Waals surface area (Å²) in [6, 6.07) is 11.3. The number of hydrogen-bond acceptors (Lipinski definition) is 2. The van der Waals surface area contributed by atoms with Gasteiger partial charge in [-0.1, -0.05) is 32.9 Å². The molecule has 2 nitrogen and oxygen atoms in total. The van der Waals surface area contributed by atoms with E-state index in [-0.39, 0.29) is 0 Å². The summed E-state index contributed by atoms with van der Waals surface area (Å²) < 4.78 is 0. The first-order chi connectivity index (χ1) is 9.11. The number of fused-ring (bicyclic) bond motifs is 1. The Morgan fingerprint density at radius 1 is 1.16 bits per heavy atom. The number of aromatic nitrogens is 1. The van der Waals surface area contributed by atoms with Crippen LogP contribution in [0.1, 0.15) is 44.5 Å². The van der Waals surface area contributed by atoms with Crippen molar-refractivity contribution in [3.63, 3.8) is 0 Å². The van der Waals surface area contributed by atoms with Crippen LogP contribution in [-0.4, -0.2) is 11.5 Å². The molecule has 2 aromatic rings. The Morgan fingerprint density at radius 3 is 2.63 bits per heavy atom. The van der Waals surface area contributed by atoms with E-state index >= 15 is 0 Å². The second-order valence-electron chi connectivity index (χ2n) is 5.58. The van der Waals surface area contributed by atoms with Gasteiger partial charge in [-0.25, -0.2) is 0 Å². The third kappa shape index (κ3) is 3.32. The average Bonchev–Trinajstić information content (AvgIpc) is 2.39. The van der Waals surface area contributed by atoms with E-state index in [1.807, 2.05) is 6.92 Å². The average molecular weight is 256 g/mol. The van der Waals surface area contributed by atoms with Gasteiger partial charge in [-0.2, -0.15) is 0 Å². The minimum Gasteiger partial charge on any atom is -0.310 e. The summed E-state index contributed by atoms with van der Waals surface area (Å²) in [5, 5.41) is 4.87. The van der Waals surface area contributed by atoms with Crippen molar-refractivity contribution in [3.8, 4) is 0 Å². The summed E-state index contributed by atoms with van der Waals surface area (Å²) in [6.07, 6.45) is 1.16. The van der Waals surface area contributed by atoms with E-state index in [4.69, 9.17) is 0 Å². The highest BCUT2D eigenvalue weighted by molar-refractivity contribution is 5.79. The van der Waals surface area contributed by atoms with Crippen molar-refractivity contribution >= 4 is 10.9 Å². The molecule has 0 aliphatic rings. The zero-order chi connectivity index (χ0) is 13.8. The van der Waals surface area contributed by atoms with Crippen LogP contribution in [0.25, 0.3) is 10.9 Å². The lowest BCUT2D eigenvalue weighted by atomic mass is 9.94. The van der Waals surface area contributed by atoms with Gasteiger partial charge < -0.3 is 5.32 Å². The molecular formula is C17H24N2. The van der Waals surface area contributed by atoms with E-state index in [1.54, 1.807) is 0 Å². The Labute approximate surface area is 116 Å². The van der Waals surface area contributed by atoms with Crippen molar-refractivity contribution in [2.75, 3.05) is 6.54 Å². The van der Waals surface area contributed by atoms with Gasteiger partial charge >= 0.3 is 0 Å². The molecule has 1 heterocycles. The van der Waals surface area contributed by atoms with Crippen LogP contribution < -0.4 is 5.32 Å². The molecule has 1 atom stereocenters. The summed E-state index contributed by atoms with van der Waals surface area (Å²) in [6.45, 7) is 9.84. The minimum absolute atomic E-state index is 0.422. The minimum atomic E-state index is 0.422. The van der Waals surface area contributed by atoms with Crippen LogP contribution in [0.2, 0.25) is 0 Å². The molecule has 102 valence electrons. The van der Waals surface area contributed by atoms with Gasteiger partial charge in [-0.05, 0) is 49.6 Å². The number of aryl methyl sites for hydroxylation is 1. The van der Waals surface area contributed by atoms with E-state index in [2.05, 4.69) is 61.4 Å². The molecule has 1 unspecified atom stereocenters. The third-order valence-corrected chi connectivity index (χ3v) is 3.49. The Morgan fingerprint density at radius 2 is 1.95 bits per heavy atom. The molecule has 1 N–H and O–H groups in total. The van der Waals surface area contributed by atoms with Gasteiger partial charge in [0.25, 0.3) is 0 Å². The van der Waals surface area contributed by atoms with Crippen LogP contribution >= 0.6 is 0 Å². The summed E-state index contributed by atoms with van der Waals surface area (Å²) in [5.41, 5.74) is 3.52. The van der Waals surface area contributed by atoms with Crippen molar-refractivity contribution in [1.82, 2.24) is 10.3 Å².